The standard InChI is InChI=1S/C16H31N3O2/c1-2-9-19-10-5-14(6-11-19)12-17-15(20)18-13-16(21)7-3-4-8-16/h14,21H,2-13H2,1H3,(H2,17,18,20). The highest BCUT2D eigenvalue weighted by molar-refractivity contribution is 5.73. The summed E-state index contributed by atoms with van der Waals surface area (Å²) < 4.78 is 0. The van der Waals surface area contributed by atoms with Gasteiger partial charge >= 0.3 is 6.03 Å². The fourth-order valence-corrected chi connectivity index (χ4v) is 3.48. The SMILES string of the molecule is CCCN1CCC(CNC(=O)NCC2(O)CCCC2)CC1. The van der Waals surface area contributed by atoms with Crippen molar-refractivity contribution in [3.8, 4) is 0 Å². The maximum Gasteiger partial charge on any atom is 0.314 e. The summed E-state index contributed by atoms with van der Waals surface area (Å²) in [7, 11) is 0. The molecule has 5 heteroatoms. The van der Waals surface area contributed by atoms with Crippen LogP contribution in [0.2, 0.25) is 0 Å². The molecule has 0 spiro atoms. The van der Waals surface area contributed by atoms with Gasteiger partial charge in [-0.25, -0.2) is 4.79 Å². The van der Waals surface area contributed by atoms with Crippen molar-refractivity contribution >= 4 is 6.03 Å². The predicted octanol–water partition coefficient (Wildman–Crippen LogP) is 1.71. The van der Waals surface area contributed by atoms with Gasteiger partial charge in [-0.05, 0) is 57.7 Å². The van der Waals surface area contributed by atoms with Crippen LogP contribution in [-0.4, -0.2) is 54.4 Å². The number of carbonyl (C=O) groups excluding carboxylic acids is 1. The molecule has 2 amide bonds. The van der Waals surface area contributed by atoms with E-state index in [4.69, 9.17) is 0 Å². The number of hydrogen-bond donors (Lipinski definition) is 3. The summed E-state index contributed by atoms with van der Waals surface area (Å²) in [6.07, 6.45) is 7.31. The lowest BCUT2D eigenvalue weighted by Crippen LogP contribution is -2.46. The number of nitrogens with one attached hydrogen (secondary N) is 2. The van der Waals surface area contributed by atoms with E-state index in [9.17, 15) is 9.90 Å². The summed E-state index contributed by atoms with van der Waals surface area (Å²) in [6.45, 7) is 6.86. The molecule has 2 fully saturated rings. The van der Waals surface area contributed by atoms with Gasteiger partial charge in [0, 0.05) is 13.1 Å². The molecule has 1 aliphatic carbocycles. The second-order valence-electron chi connectivity index (χ2n) is 6.78. The fraction of sp³-hybridized carbons (Fsp3) is 0.938. The Morgan fingerprint density at radius 1 is 1.24 bits per heavy atom. The van der Waals surface area contributed by atoms with Gasteiger partial charge in [0.25, 0.3) is 0 Å². The van der Waals surface area contributed by atoms with E-state index in [-0.39, 0.29) is 6.03 Å². The van der Waals surface area contributed by atoms with Crippen LogP contribution in [0.25, 0.3) is 0 Å². The van der Waals surface area contributed by atoms with Crippen LogP contribution in [0, 0.1) is 5.92 Å². The van der Waals surface area contributed by atoms with Crippen molar-refractivity contribution in [2.45, 2.75) is 57.5 Å². The molecule has 0 aromatic rings. The van der Waals surface area contributed by atoms with Crippen molar-refractivity contribution in [3.05, 3.63) is 0 Å². The van der Waals surface area contributed by atoms with E-state index < -0.39 is 5.60 Å². The number of rotatable bonds is 6. The zero-order valence-electron chi connectivity index (χ0n) is 13.4. The topological polar surface area (TPSA) is 64.6 Å². The lowest BCUT2D eigenvalue weighted by molar-refractivity contribution is 0.0500. The van der Waals surface area contributed by atoms with Crippen molar-refractivity contribution in [1.29, 1.82) is 0 Å². The predicted molar refractivity (Wildman–Crippen MR) is 84.3 cm³/mol. The van der Waals surface area contributed by atoms with Gasteiger partial charge in [-0.2, -0.15) is 0 Å². The third-order valence-corrected chi connectivity index (χ3v) is 4.91. The smallest absolute Gasteiger partial charge is 0.314 e. The zero-order chi connectivity index (χ0) is 15.1. The Bertz CT molecular complexity index is 321. The van der Waals surface area contributed by atoms with Crippen LogP contribution >= 0.6 is 0 Å². The molecule has 0 aromatic carbocycles. The Labute approximate surface area is 128 Å². The lowest BCUT2D eigenvalue weighted by Gasteiger charge is -2.31. The van der Waals surface area contributed by atoms with E-state index in [1.54, 1.807) is 0 Å². The minimum absolute atomic E-state index is 0.133. The Morgan fingerprint density at radius 3 is 2.52 bits per heavy atom. The molecule has 3 N–H and O–H groups in total. The van der Waals surface area contributed by atoms with E-state index in [0.717, 1.165) is 45.3 Å². The maximum absolute atomic E-state index is 11.8. The van der Waals surface area contributed by atoms with E-state index in [0.29, 0.717) is 12.5 Å². The first-order valence-corrected chi connectivity index (χ1v) is 8.58. The fourth-order valence-electron chi connectivity index (χ4n) is 3.48. The molecule has 0 atom stereocenters. The molecule has 122 valence electrons. The molecule has 0 aromatic heterocycles. The molecule has 1 heterocycles. The van der Waals surface area contributed by atoms with E-state index in [2.05, 4.69) is 22.5 Å². The molecular formula is C16H31N3O2. The van der Waals surface area contributed by atoms with E-state index in [1.807, 2.05) is 0 Å². The lowest BCUT2D eigenvalue weighted by atomic mass is 9.97. The largest absolute Gasteiger partial charge is 0.388 e. The van der Waals surface area contributed by atoms with Gasteiger partial charge in [-0.1, -0.05) is 19.8 Å². The molecule has 1 aliphatic heterocycles. The van der Waals surface area contributed by atoms with Crippen molar-refractivity contribution in [2.75, 3.05) is 32.7 Å². The monoisotopic (exact) mass is 297 g/mol. The summed E-state index contributed by atoms with van der Waals surface area (Å²) in [6, 6.07) is -0.133. The Balaban J connectivity index is 1.57. The summed E-state index contributed by atoms with van der Waals surface area (Å²) in [5, 5.41) is 16.0. The first-order valence-electron chi connectivity index (χ1n) is 8.58. The van der Waals surface area contributed by atoms with Crippen LogP contribution in [0.3, 0.4) is 0 Å². The number of hydrogen-bond acceptors (Lipinski definition) is 3. The molecule has 0 unspecified atom stereocenters. The summed E-state index contributed by atoms with van der Waals surface area (Å²) >= 11 is 0. The second-order valence-corrected chi connectivity index (χ2v) is 6.78. The van der Waals surface area contributed by atoms with Crippen LogP contribution in [0.5, 0.6) is 0 Å². The Hall–Kier alpha value is -0.810. The van der Waals surface area contributed by atoms with Crippen molar-refractivity contribution in [3.63, 3.8) is 0 Å². The molecule has 1 saturated carbocycles. The minimum Gasteiger partial charge on any atom is -0.388 e. The number of carbonyl (C=O) groups is 1. The first-order chi connectivity index (χ1) is 10.1. The van der Waals surface area contributed by atoms with E-state index >= 15 is 0 Å². The highest BCUT2D eigenvalue weighted by Gasteiger charge is 2.31. The Morgan fingerprint density at radius 2 is 1.90 bits per heavy atom. The van der Waals surface area contributed by atoms with Gasteiger partial charge < -0.3 is 20.6 Å². The highest BCUT2D eigenvalue weighted by atomic mass is 16.3. The number of piperidine rings is 1. The Kier molecular flexibility index (Phi) is 6.30. The molecule has 1 saturated heterocycles. The summed E-state index contributed by atoms with van der Waals surface area (Å²) in [5.41, 5.74) is -0.664. The van der Waals surface area contributed by atoms with Gasteiger partial charge in [-0.15, -0.1) is 0 Å². The molecule has 0 bridgehead atoms. The number of likely N-dealkylation sites (tertiary alicyclic amines) is 1. The average Bonchev–Trinajstić information content (AvgIpc) is 2.92. The number of nitrogens with zero attached hydrogens (tertiary/aromatic N) is 1. The molecule has 5 nitrogen and oxygen atoms in total. The van der Waals surface area contributed by atoms with E-state index in [1.165, 1.54) is 25.8 Å². The molecule has 2 aliphatic rings. The van der Waals surface area contributed by atoms with Crippen molar-refractivity contribution in [2.24, 2.45) is 5.92 Å². The summed E-state index contributed by atoms with van der Waals surface area (Å²) in [5.74, 6) is 0.596. The van der Waals surface area contributed by atoms with Crippen molar-refractivity contribution < 1.29 is 9.90 Å². The number of urea groups is 1. The van der Waals surface area contributed by atoms with Gasteiger partial charge in [-0.3, -0.25) is 0 Å². The first kappa shape index (κ1) is 16.6. The van der Waals surface area contributed by atoms with Crippen LogP contribution in [0.15, 0.2) is 0 Å². The third-order valence-electron chi connectivity index (χ3n) is 4.91. The normalized spacial score (nSPS) is 23.1. The number of amides is 2. The average molecular weight is 297 g/mol. The van der Waals surface area contributed by atoms with Crippen LogP contribution in [0.1, 0.15) is 51.9 Å². The molecule has 0 radical (unpaired) electrons. The molecule has 21 heavy (non-hydrogen) atoms. The quantitative estimate of drug-likeness (QED) is 0.699. The molecular weight excluding hydrogens is 266 g/mol. The van der Waals surface area contributed by atoms with Gasteiger partial charge in [0.15, 0.2) is 0 Å². The zero-order valence-corrected chi connectivity index (χ0v) is 13.4. The summed E-state index contributed by atoms with van der Waals surface area (Å²) in [4.78, 5) is 14.3. The highest BCUT2D eigenvalue weighted by Crippen LogP contribution is 2.28. The van der Waals surface area contributed by atoms with Crippen LogP contribution in [-0.2, 0) is 0 Å². The van der Waals surface area contributed by atoms with Gasteiger partial charge in [0.1, 0.15) is 0 Å². The van der Waals surface area contributed by atoms with Gasteiger partial charge in [0.2, 0.25) is 0 Å². The number of aliphatic hydroxyl groups is 1. The minimum atomic E-state index is -0.664. The second kappa shape index (κ2) is 7.99. The van der Waals surface area contributed by atoms with Gasteiger partial charge in [0.05, 0.1) is 5.60 Å². The van der Waals surface area contributed by atoms with Crippen LogP contribution < -0.4 is 10.6 Å². The molecule has 2 rings (SSSR count). The third kappa shape index (κ3) is 5.47. The van der Waals surface area contributed by atoms with Crippen LogP contribution in [0.4, 0.5) is 4.79 Å². The van der Waals surface area contributed by atoms with Crippen molar-refractivity contribution in [1.82, 2.24) is 15.5 Å². The maximum atomic E-state index is 11.8.